The van der Waals surface area contributed by atoms with Gasteiger partial charge in [-0.2, -0.15) is 0 Å². The van der Waals surface area contributed by atoms with Gasteiger partial charge in [0.15, 0.2) is 0 Å². The summed E-state index contributed by atoms with van der Waals surface area (Å²) in [4.78, 5) is 11.5. The summed E-state index contributed by atoms with van der Waals surface area (Å²) in [5.74, 6) is -1.05. The fraction of sp³-hybridized carbons (Fsp3) is 0.133. The lowest BCUT2D eigenvalue weighted by Gasteiger charge is -2.12. The highest BCUT2D eigenvalue weighted by Gasteiger charge is 2.19. The second-order valence-electron chi connectivity index (χ2n) is 4.75. The zero-order chi connectivity index (χ0) is 17.9. The van der Waals surface area contributed by atoms with Crippen LogP contribution in [0.2, 0.25) is 15.1 Å². The minimum absolute atomic E-state index is 0.0581. The predicted molar refractivity (Wildman–Crippen MR) is 95.5 cm³/mol. The van der Waals surface area contributed by atoms with Crippen LogP contribution in [0.3, 0.4) is 0 Å². The Labute approximate surface area is 154 Å². The number of hydrogen-bond donors (Lipinski definition) is 1. The van der Waals surface area contributed by atoms with E-state index in [1.54, 1.807) is 18.2 Å². The number of halogens is 3. The van der Waals surface area contributed by atoms with Gasteiger partial charge in [0.2, 0.25) is 10.0 Å². The van der Waals surface area contributed by atoms with Gasteiger partial charge in [0.25, 0.3) is 0 Å². The molecule has 0 aliphatic rings. The summed E-state index contributed by atoms with van der Waals surface area (Å²) in [5.41, 5.74) is 0.492. The van der Waals surface area contributed by atoms with Crippen molar-refractivity contribution in [3.8, 4) is 0 Å². The molecule has 0 heterocycles. The second-order valence-corrected chi connectivity index (χ2v) is 7.69. The molecule has 0 radical (unpaired) electrons. The van der Waals surface area contributed by atoms with Crippen molar-refractivity contribution >= 4 is 56.5 Å². The number of hydrogen-bond acceptors (Lipinski definition) is 4. The van der Waals surface area contributed by atoms with Crippen LogP contribution in [0, 0.1) is 0 Å². The molecule has 128 valence electrons. The van der Waals surface area contributed by atoms with Gasteiger partial charge in [-0.1, -0.05) is 40.9 Å². The second kappa shape index (κ2) is 7.61. The first-order valence-electron chi connectivity index (χ1n) is 6.55. The van der Waals surface area contributed by atoms with Crippen LogP contribution in [0.15, 0.2) is 36.4 Å². The summed E-state index contributed by atoms with van der Waals surface area (Å²) >= 11 is 18.0. The van der Waals surface area contributed by atoms with E-state index in [9.17, 15) is 13.2 Å². The largest absolute Gasteiger partial charge is 0.465 e. The monoisotopic (exact) mass is 407 g/mol. The van der Waals surface area contributed by atoms with Crippen molar-refractivity contribution in [2.45, 2.75) is 5.75 Å². The number of carbonyl (C=O) groups is 1. The molecule has 0 unspecified atom stereocenters. The van der Waals surface area contributed by atoms with Crippen molar-refractivity contribution in [3.05, 3.63) is 62.6 Å². The van der Waals surface area contributed by atoms with Crippen molar-refractivity contribution in [2.24, 2.45) is 0 Å². The molecule has 0 bridgehead atoms. The summed E-state index contributed by atoms with van der Waals surface area (Å²) in [6.45, 7) is 0. The van der Waals surface area contributed by atoms with Crippen molar-refractivity contribution < 1.29 is 17.9 Å². The molecule has 2 rings (SSSR count). The van der Waals surface area contributed by atoms with Gasteiger partial charge in [-0.3, -0.25) is 4.72 Å². The molecular formula is C15H12Cl3NO4S. The minimum atomic E-state index is -3.86. The number of methoxy groups -OCH3 is 1. The normalized spacial score (nSPS) is 11.2. The zero-order valence-corrected chi connectivity index (χ0v) is 15.4. The van der Waals surface area contributed by atoms with Crippen LogP contribution in [0.4, 0.5) is 5.69 Å². The number of benzene rings is 2. The smallest absolute Gasteiger partial charge is 0.337 e. The van der Waals surface area contributed by atoms with E-state index in [1.807, 2.05) is 0 Å². The van der Waals surface area contributed by atoms with Crippen LogP contribution in [-0.2, 0) is 20.5 Å². The Morgan fingerprint density at radius 3 is 2.29 bits per heavy atom. The van der Waals surface area contributed by atoms with E-state index in [0.717, 1.165) is 0 Å². The van der Waals surface area contributed by atoms with Crippen molar-refractivity contribution in [1.82, 2.24) is 0 Å². The van der Waals surface area contributed by atoms with Gasteiger partial charge >= 0.3 is 5.97 Å². The van der Waals surface area contributed by atoms with E-state index in [1.165, 1.54) is 25.3 Å². The lowest BCUT2D eigenvalue weighted by molar-refractivity contribution is 0.0601. The molecule has 0 aromatic heterocycles. The number of rotatable bonds is 5. The third-order valence-electron chi connectivity index (χ3n) is 3.05. The lowest BCUT2D eigenvalue weighted by atomic mass is 10.2. The number of sulfonamides is 1. The Kier molecular flexibility index (Phi) is 5.98. The molecule has 0 saturated carbocycles. The topological polar surface area (TPSA) is 72.5 Å². The van der Waals surface area contributed by atoms with Gasteiger partial charge in [0.1, 0.15) is 0 Å². The molecule has 2 aromatic carbocycles. The van der Waals surface area contributed by atoms with Crippen LogP contribution in [0.5, 0.6) is 0 Å². The third kappa shape index (κ3) is 4.54. The highest BCUT2D eigenvalue weighted by Crippen LogP contribution is 2.29. The molecule has 0 spiro atoms. The Morgan fingerprint density at radius 1 is 1.08 bits per heavy atom. The van der Waals surface area contributed by atoms with Gasteiger partial charge < -0.3 is 4.74 Å². The van der Waals surface area contributed by atoms with Crippen molar-refractivity contribution in [3.63, 3.8) is 0 Å². The summed E-state index contributed by atoms with van der Waals surface area (Å²) < 4.78 is 31.7. The molecular weight excluding hydrogens is 397 g/mol. The van der Waals surface area contributed by atoms with Gasteiger partial charge in [0.05, 0.1) is 29.1 Å². The molecule has 0 aliphatic heterocycles. The molecule has 24 heavy (non-hydrogen) atoms. The molecule has 0 fully saturated rings. The minimum Gasteiger partial charge on any atom is -0.465 e. The maximum atomic E-state index is 12.4. The molecule has 5 nitrogen and oxygen atoms in total. The molecule has 1 N–H and O–H groups in total. The zero-order valence-electron chi connectivity index (χ0n) is 12.3. The number of anilines is 1. The van der Waals surface area contributed by atoms with E-state index in [2.05, 4.69) is 9.46 Å². The number of nitrogens with one attached hydrogen (secondary N) is 1. The van der Waals surface area contributed by atoms with Crippen LogP contribution in [0.25, 0.3) is 0 Å². The quantitative estimate of drug-likeness (QED) is 0.745. The van der Waals surface area contributed by atoms with Crippen LogP contribution >= 0.6 is 34.8 Å². The van der Waals surface area contributed by atoms with Crippen molar-refractivity contribution in [1.29, 1.82) is 0 Å². The Bertz CT molecular complexity index is 864. The average molecular weight is 409 g/mol. The first-order valence-corrected chi connectivity index (χ1v) is 9.33. The van der Waals surface area contributed by atoms with Gasteiger partial charge in [-0.25, -0.2) is 13.2 Å². The van der Waals surface area contributed by atoms with Gasteiger partial charge in [-0.15, -0.1) is 0 Å². The summed E-state index contributed by atoms with van der Waals surface area (Å²) in [5, 5.41) is 0.612. The number of esters is 1. The van der Waals surface area contributed by atoms with Gasteiger partial charge in [-0.05, 0) is 30.3 Å². The Hall–Kier alpha value is -1.47. The lowest BCUT2D eigenvalue weighted by Crippen LogP contribution is -2.16. The molecule has 0 atom stereocenters. The summed E-state index contributed by atoms with van der Waals surface area (Å²) in [7, 11) is -2.64. The summed E-state index contributed by atoms with van der Waals surface area (Å²) in [6.07, 6.45) is 0. The standard InChI is InChI=1S/C15H12Cl3NO4S/c1-23-15(20)9-5-6-13(18)14(7-9)19-24(21,22)8-10-11(16)3-2-4-12(10)17/h2-7,19H,8H2,1H3. The Morgan fingerprint density at radius 2 is 1.71 bits per heavy atom. The van der Waals surface area contributed by atoms with Crippen LogP contribution in [-0.4, -0.2) is 21.5 Å². The molecule has 0 aliphatic carbocycles. The van der Waals surface area contributed by atoms with E-state index in [4.69, 9.17) is 34.8 Å². The Balaban J connectivity index is 2.31. The van der Waals surface area contributed by atoms with E-state index in [-0.39, 0.29) is 31.9 Å². The number of ether oxygens (including phenoxy) is 1. The number of carbonyl (C=O) groups excluding carboxylic acids is 1. The average Bonchev–Trinajstić information content (AvgIpc) is 2.52. The van der Waals surface area contributed by atoms with Crippen molar-refractivity contribution in [2.75, 3.05) is 11.8 Å². The first kappa shape index (κ1) is 18.9. The fourth-order valence-corrected chi connectivity index (χ4v) is 4.09. The molecule has 0 amide bonds. The van der Waals surface area contributed by atoms with E-state index < -0.39 is 21.7 Å². The third-order valence-corrected chi connectivity index (χ3v) is 5.29. The molecule has 0 saturated heterocycles. The maximum absolute atomic E-state index is 12.4. The molecule has 9 heteroatoms. The SMILES string of the molecule is COC(=O)c1ccc(Cl)c(NS(=O)(=O)Cc2c(Cl)cccc2Cl)c1. The fourth-order valence-electron chi connectivity index (χ4n) is 1.91. The predicted octanol–water partition coefficient (Wildman–Crippen LogP) is 4.38. The highest BCUT2D eigenvalue weighted by atomic mass is 35.5. The van der Waals surface area contributed by atoms with E-state index >= 15 is 0 Å². The summed E-state index contributed by atoms with van der Waals surface area (Å²) in [6, 6.07) is 8.82. The maximum Gasteiger partial charge on any atom is 0.337 e. The first-order chi connectivity index (χ1) is 11.2. The highest BCUT2D eigenvalue weighted by molar-refractivity contribution is 7.91. The van der Waals surface area contributed by atoms with Gasteiger partial charge in [0, 0.05) is 15.6 Å². The van der Waals surface area contributed by atoms with Crippen LogP contribution in [0.1, 0.15) is 15.9 Å². The van der Waals surface area contributed by atoms with E-state index in [0.29, 0.717) is 0 Å². The molecule has 2 aromatic rings. The van der Waals surface area contributed by atoms with Crippen LogP contribution < -0.4 is 4.72 Å².